The predicted molar refractivity (Wildman–Crippen MR) is 76.9 cm³/mol. The third-order valence-electron chi connectivity index (χ3n) is 2.72. The van der Waals surface area contributed by atoms with Gasteiger partial charge in [0.25, 0.3) is 0 Å². The SMILES string of the molecule is CCNc1cc(-c2cc(F)cc(F)c2)nc(COCC)n1. The molecular formula is C15H17F2N3O. The second-order valence-corrected chi connectivity index (χ2v) is 4.38. The Labute approximate surface area is 122 Å². The molecule has 0 unspecified atom stereocenters. The molecule has 1 aromatic carbocycles. The monoisotopic (exact) mass is 293 g/mol. The first kappa shape index (κ1) is 15.3. The van der Waals surface area contributed by atoms with Crippen LogP contribution in [-0.2, 0) is 11.3 Å². The van der Waals surface area contributed by atoms with Gasteiger partial charge in [0.1, 0.15) is 24.1 Å². The number of hydrogen-bond donors (Lipinski definition) is 1. The lowest BCUT2D eigenvalue weighted by Crippen LogP contribution is -2.06. The van der Waals surface area contributed by atoms with Gasteiger partial charge in [-0.25, -0.2) is 18.7 Å². The maximum atomic E-state index is 13.3. The number of nitrogens with zero attached hydrogens (tertiary/aromatic N) is 2. The van der Waals surface area contributed by atoms with Gasteiger partial charge in [-0.1, -0.05) is 0 Å². The summed E-state index contributed by atoms with van der Waals surface area (Å²) in [7, 11) is 0. The minimum atomic E-state index is -0.639. The molecule has 0 atom stereocenters. The fourth-order valence-corrected chi connectivity index (χ4v) is 1.88. The minimum Gasteiger partial charge on any atom is -0.374 e. The lowest BCUT2D eigenvalue weighted by molar-refractivity contribution is 0.128. The Morgan fingerprint density at radius 3 is 2.38 bits per heavy atom. The van der Waals surface area contributed by atoms with Crippen LogP contribution >= 0.6 is 0 Å². The van der Waals surface area contributed by atoms with Gasteiger partial charge in [0.15, 0.2) is 5.82 Å². The van der Waals surface area contributed by atoms with E-state index < -0.39 is 11.6 Å². The Kier molecular flexibility index (Phi) is 5.16. The molecule has 2 aromatic rings. The number of ether oxygens (including phenoxy) is 1. The van der Waals surface area contributed by atoms with Crippen molar-refractivity contribution in [2.45, 2.75) is 20.5 Å². The molecule has 0 radical (unpaired) electrons. The second-order valence-electron chi connectivity index (χ2n) is 4.38. The van der Waals surface area contributed by atoms with E-state index in [1.54, 1.807) is 6.07 Å². The molecule has 0 fully saturated rings. The minimum absolute atomic E-state index is 0.251. The highest BCUT2D eigenvalue weighted by Crippen LogP contribution is 2.22. The first-order valence-electron chi connectivity index (χ1n) is 6.78. The second kappa shape index (κ2) is 7.08. The molecule has 4 nitrogen and oxygen atoms in total. The van der Waals surface area contributed by atoms with Crippen molar-refractivity contribution in [2.75, 3.05) is 18.5 Å². The van der Waals surface area contributed by atoms with Crippen molar-refractivity contribution >= 4 is 5.82 Å². The zero-order valence-electron chi connectivity index (χ0n) is 12.0. The quantitative estimate of drug-likeness (QED) is 0.887. The summed E-state index contributed by atoms with van der Waals surface area (Å²) in [4.78, 5) is 8.59. The maximum absolute atomic E-state index is 13.3. The molecule has 0 saturated carbocycles. The highest BCUT2D eigenvalue weighted by Gasteiger charge is 2.09. The molecule has 0 amide bonds. The molecule has 2 rings (SSSR count). The Hall–Kier alpha value is -2.08. The van der Waals surface area contributed by atoms with Crippen molar-refractivity contribution in [1.29, 1.82) is 0 Å². The summed E-state index contributed by atoms with van der Waals surface area (Å²) < 4.78 is 32.0. The summed E-state index contributed by atoms with van der Waals surface area (Å²) in [5.41, 5.74) is 0.820. The first-order chi connectivity index (χ1) is 10.1. The van der Waals surface area contributed by atoms with Crippen LogP contribution in [0.2, 0.25) is 0 Å². The summed E-state index contributed by atoms with van der Waals surface area (Å²) >= 11 is 0. The Morgan fingerprint density at radius 2 is 1.76 bits per heavy atom. The van der Waals surface area contributed by atoms with Crippen molar-refractivity contribution in [3.63, 3.8) is 0 Å². The number of halogens is 2. The molecule has 0 bridgehead atoms. The van der Waals surface area contributed by atoms with E-state index in [0.717, 1.165) is 6.07 Å². The zero-order valence-corrected chi connectivity index (χ0v) is 12.0. The van der Waals surface area contributed by atoms with Gasteiger partial charge in [0, 0.05) is 30.8 Å². The lowest BCUT2D eigenvalue weighted by atomic mass is 10.1. The van der Waals surface area contributed by atoms with E-state index in [9.17, 15) is 8.78 Å². The van der Waals surface area contributed by atoms with Crippen molar-refractivity contribution in [2.24, 2.45) is 0 Å². The number of aromatic nitrogens is 2. The van der Waals surface area contributed by atoms with Crippen molar-refractivity contribution < 1.29 is 13.5 Å². The topological polar surface area (TPSA) is 47.0 Å². The fraction of sp³-hybridized carbons (Fsp3) is 0.333. The van der Waals surface area contributed by atoms with Crippen LogP contribution in [0.3, 0.4) is 0 Å². The molecule has 0 aliphatic carbocycles. The zero-order chi connectivity index (χ0) is 15.2. The molecule has 0 saturated heterocycles. The van der Waals surface area contributed by atoms with Gasteiger partial charge in [-0.05, 0) is 26.0 Å². The van der Waals surface area contributed by atoms with Gasteiger partial charge in [-0.2, -0.15) is 0 Å². The maximum Gasteiger partial charge on any atom is 0.157 e. The van der Waals surface area contributed by atoms with E-state index in [-0.39, 0.29) is 6.61 Å². The molecule has 1 aromatic heterocycles. The summed E-state index contributed by atoms with van der Waals surface area (Å²) in [6, 6.07) is 4.97. The molecule has 21 heavy (non-hydrogen) atoms. The summed E-state index contributed by atoms with van der Waals surface area (Å²) in [5.74, 6) is -0.211. The van der Waals surface area contributed by atoms with Gasteiger partial charge in [0.2, 0.25) is 0 Å². The highest BCUT2D eigenvalue weighted by molar-refractivity contribution is 5.62. The van der Waals surface area contributed by atoms with Crippen molar-refractivity contribution in [1.82, 2.24) is 9.97 Å². The summed E-state index contributed by atoms with van der Waals surface area (Å²) in [6.07, 6.45) is 0. The summed E-state index contributed by atoms with van der Waals surface area (Å²) in [5, 5.41) is 3.07. The van der Waals surface area contributed by atoms with E-state index in [2.05, 4.69) is 15.3 Å². The van der Waals surface area contributed by atoms with Gasteiger partial charge >= 0.3 is 0 Å². The number of hydrogen-bond acceptors (Lipinski definition) is 4. The van der Waals surface area contributed by atoms with E-state index in [0.29, 0.717) is 36.1 Å². The Morgan fingerprint density at radius 1 is 1.05 bits per heavy atom. The fourth-order valence-electron chi connectivity index (χ4n) is 1.88. The van der Waals surface area contributed by atoms with Crippen LogP contribution in [0.15, 0.2) is 24.3 Å². The van der Waals surface area contributed by atoms with Crippen molar-refractivity contribution in [3.8, 4) is 11.3 Å². The Balaban J connectivity index is 2.42. The van der Waals surface area contributed by atoms with E-state index >= 15 is 0 Å². The first-order valence-corrected chi connectivity index (χ1v) is 6.78. The third-order valence-corrected chi connectivity index (χ3v) is 2.72. The van der Waals surface area contributed by atoms with Crippen molar-refractivity contribution in [3.05, 3.63) is 41.7 Å². The van der Waals surface area contributed by atoms with Gasteiger partial charge in [0.05, 0.1) is 5.69 Å². The van der Waals surface area contributed by atoms with E-state index in [1.807, 2.05) is 13.8 Å². The molecule has 1 N–H and O–H groups in total. The van der Waals surface area contributed by atoms with Crippen LogP contribution < -0.4 is 5.32 Å². The molecule has 0 spiro atoms. The van der Waals surface area contributed by atoms with E-state index in [4.69, 9.17) is 4.74 Å². The smallest absolute Gasteiger partial charge is 0.157 e. The van der Waals surface area contributed by atoms with Gasteiger partial charge in [-0.15, -0.1) is 0 Å². The van der Waals surface area contributed by atoms with E-state index in [1.165, 1.54) is 12.1 Å². The molecular weight excluding hydrogens is 276 g/mol. The molecule has 1 heterocycles. The Bertz CT molecular complexity index is 600. The lowest BCUT2D eigenvalue weighted by Gasteiger charge is -2.09. The predicted octanol–water partition coefficient (Wildman–Crippen LogP) is 3.39. The van der Waals surface area contributed by atoms with Crippen LogP contribution in [-0.4, -0.2) is 23.1 Å². The van der Waals surface area contributed by atoms with Gasteiger partial charge in [-0.3, -0.25) is 0 Å². The standard InChI is InChI=1S/C15H17F2N3O/c1-3-18-14-8-13(19-15(20-14)9-21-4-2)10-5-11(16)7-12(17)6-10/h5-8H,3-4,9H2,1-2H3,(H,18,19,20). The summed E-state index contributed by atoms with van der Waals surface area (Å²) in [6.45, 7) is 5.28. The van der Waals surface area contributed by atoms with Crippen LogP contribution in [0.1, 0.15) is 19.7 Å². The van der Waals surface area contributed by atoms with Crippen LogP contribution in [0.4, 0.5) is 14.6 Å². The largest absolute Gasteiger partial charge is 0.374 e. The number of benzene rings is 1. The normalized spacial score (nSPS) is 10.7. The average molecular weight is 293 g/mol. The number of nitrogens with one attached hydrogen (secondary N) is 1. The van der Waals surface area contributed by atoms with Crippen LogP contribution in [0, 0.1) is 11.6 Å². The molecule has 0 aliphatic rings. The van der Waals surface area contributed by atoms with Crippen LogP contribution in [0.25, 0.3) is 11.3 Å². The highest BCUT2D eigenvalue weighted by atomic mass is 19.1. The van der Waals surface area contributed by atoms with Gasteiger partial charge < -0.3 is 10.1 Å². The molecule has 0 aliphatic heterocycles. The number of rotatable bonds is 6. The molecule has 6 heteroatoms. The number of anilines is 1. The average Bonchev–Trinajstić information content (AvgIpc) is 2.44. The third kappa shape index (κ3) is 4.19. The van der Waals surface area contributed by atoms with Crippen LogP contribution in [0.5, 0.6) is 0 Å². The molecule has 112 valence electrons.